The molecule has 0 spiro atoms. The molecule has 2 aromatic carbocycles. The van der Waals surface area contributed by atoms with Crippen molar-refractivity contribution in [3.05, 3.63) is 65.2 Å². The fourth-order valence-electron chi connectivity index (χ4n) is 3.11. The first kappa shape index (κ1) is 15.1. The molecule has 0 amide bonds. The molecule has 2 N–H and O–H groups in total. The molecule has 0 heterocycles. The summed E-state index contributed by atoms with van der Waals surface area (Å²) in [5.74, 6) is 0.920. The van der Waals surface area contributed by atoms with Crippen LogP contribution in [0.4, 0.5) is 0 Å². The van der Waals surface area contributed by atoms with Gasteiger partial charge < -0.3 is 15.2 Å². The van der Waals surface area contributed by atoms with Gasteiger partial charge in [0.05, 0.1) is 13.2 Å². The van der Waals surface area contributed by atoms with Crippen molar-refractivity contribution in [1.29, 1.82) is 0 Å². The van der Waals surface area contributed by atoms with Gasteiger partial charge in [0.1, 0.15) is 5.75 Å². The smallest absolute Gasteiger partial charge is 0.119 e. The summed E-state index contributed by atoms with van der Waals surface area (Å²) in [6.45, 7) is 0.591. The second-order valence-electron chi connectivity index (χ2n) is 5.91. The SMILES string of the molecule is COc1ccc2c(c1)CC(NC[C@@H](O)c1ccccc1)CC2. The van der Waals surface area contributed by atoms with Crippen molar-refractivity contribution in [3.8, 4) is 5.75 Å². The van der Waals surface area contributed by atoms with E-state index in [1.165, 1.54) is 11.1 Å². The van der Waals surface area contributed by atoms with Crippen LogP contribution in [0, 0.1) is 0 Å². The van der Waals surface area contributed by atoms with E-state index in [4.69, 9.17) is 4.74 Å². The minimum absolute atomic E-state index is 0.415. The summed E-state index contributed by atoms with van der Waals surface area (Å²) in [7, 11) is 1.70. The molecule has 0 bridgehead atoms. The van der Waals surface area contributed by atoms with Crippen molar-refractivity contribution in [2.45, 2.75) is 31.4 Å². The number of hydrogen-bond acceptors (Lipinski definition) is 3. The Morgan fingerprint density at radius 3 is 2.77 bits per heavy atom. The fraction of sp³-hybridized carbons (Fsp3) is 0.368. The lowest BCUT2D eigenvalue weighted by Gasteiger charge is -2.27. The van der Waals surface area contributed by atoms with Gasteiger partial charge in [-0.25, -0.2) is 0 Å². The van der Waals surface area contributed by atoms with Crippen LogP contribution in [0.1, 0.15) is 29.2 Å². The highest BCUT2D eigenvalue weighted by atomic mass is 16.5. The van der Waals surface area contributed by atoms with E-state index in [0.29, 0.717) is 12.6 Å². The van der Waals surface area contributed by atoms with E-state index in [-0.39, 0.29) is 0 Å². The molecule has 0 fully saturated rings. The maximum absolute atomic E-state index is 10.2. The van der Waals surface area contributed by atoms with Gasteiger partial charge in [-0.1, -0.05) is 36.4 Å². The molecule has 3 heteroatoms. The Balaban J connectivity index is 1.58. The number of methoxy groups -OCH3 is 1. The zero-order valence-corrected chi connectivity index (χ0v) is 13.0. The maximum atomic E-state index is 10.2. The minimum Gasteiger partial charge on any atom is -0.497 e. The third-order valence-corrected chi connectivity index (χ3v) is 4.43. The van der Waals surface area contributed by atoms with Crippen LogP contribution in [-0.4, -0.2) is 24.8 Å². The van der Waals surface area contributed by atoms with Gasteiger partial charge in [0.15, 0.2) is 0 Å². The summed E-state index contributed by atoms with van der Waals surface area (Å²) in [5.41, 5.74) is 3.74. The van der Waals surface area contributed by atoms with E-state index in [9.17, 15) is 5.11 Å². The Labute approximate surface area is 131 Å². The molecule has 3 rings (SSSR count). The van der Waals surface area contributed by atoms with Crippen LogP contribution in [0.15, 0.2) is 48.5 Å². The van der Waals surface area contributed by atoms with E-state index in [1.807, 2.05) is 36.4 Å². The van der Waals surface area contributed by atoms with Crippen molar-refractivity contribution in [2.24, 2.45) is 0 Å². The molecule has 1 aliphatic rings. The van der Waals surface area contributed by atoms with Crippen molar-refractivity contribution in [1.82, 2.24) is 5.32 Å². The quantitative estimate of drug-likeness (QED) is 0.891. The summed E-state index contributed by atoms with van der Waals surface area (Å²) in [4.78, 5) is 0. The highest BCUT2D eigenvalue weighted by Crippen LogP contribution is 2.25. The Kier molecular flexibility index (Phi) is 4.76. The maximum Gasteiger partial charge on any atom is 0.119 e. The topological polar surface area (TPSA) is 41.5 Å². The van der Waals surface area contributed by atoms with Crippen LogP contribution in [0.25, 0.3) is 0 Å². The summed E-state index contributed by atoms with van der Waals surface area (Å²) < 4.78 is 5.31. The normalized spacial score (nSPS) is 18.5. The Morgan fingerprint density at radius 1 is 1.18 bits per heavy atom. The molecule has 0 aromatic heterocycles. The number of aliphatic hydroxyl groups excluding tert-OH is 1. The summed E-state index contributed by atoms with van der Waals surface area (Å²) in [6, 6.07) is 16.6. The van der Waals surface area contributed by atoms with E-state index >= 15 is 0 Å². The first-order valence-electron chi connectivity index (χ1n) is 7.88. The third-order valence-electron chi connectivity index (χ3n) is 4.43. The lowest BCUT2D eigenvalue weighted by Crippen LogP contribution is -2.37. The molecule has 1 aliphatic carbocycles. The highest BCUT2D eigenvalue weighted by Gasteiger charge is 2.19. The van der Waals surface area contributed by atoms with Gasteiger partial charge in [0, 0.05) is 12.6 Å². The van der Waals surface area contributed by atoms with E-state index < -0.39 is 6.10 Å². The van der Waals surface area contributed by atoms with Gasteiger partial charge in [0.25, 0.3) is 0 Å². The van der Waals surface area contributed by atoms with Crippen LogP contribution in [0.2, 0.25) is 0 Å². The van der Waals surface area contributed by atoms with Gasteiger partial charge in [-0.15, -0.1) is 0 Å². The largest absolute Gasteiger partial charge is 0.497 e. The molecule has 3 nitrogen and oxygen atoms in total. The van der Waals surface area contributed by atoms with Gasteiger partial charge in [-0.2, -0.15) is 0 Å². The first-order chi connectivity index (χ1) is 10.8. The van der Waals surface area contributed by atoms with Crippen LogP contribution in [0.3, 0.4) is 0 Å². The monoisotopic (exact) mass is 297 g/mol. The number of ether oxygens (including phenoxy) is 1. The molecule has 0 radical (unpaired) electrons. The molecular weight excluding hydrogens is 274 g/mol. The minimum atomic E-state index is -0.451. The lowest BCUT2D eigenvalue weighted by molar-refractivity contribution is 0.168. The molecular formula is C19H23NO2. The van der Waals surface area contributed by atoms with E-state index in [0.717, 1.165) is 30.6 Å². The van der Waals surface area contributed by atoms with Gasteiger partial charge in [0.2, 0.25) is 0 Å². The number of aliphatic hydroxyl groups is 1. The van der Waals surface area contributed by atoms with Crippen molar-refractivity contribution < 1.29 is 9.84 Å². The predicted octanol–water partition coefficient (Wildman–Crippen LogP) is 2.88. The number of aryl methyl sites for hydroxylation is 1. The number of nitrogens with one attached hydrogen (secondary N) is 1. The zero-order valence-electron chi connectivity index (χ0n) is 13.0. The van der Waals surface area contributed by atoms with Gasteiger partial charge in [-0.05, 0) is 48.1 Å². The number of rotatable bonds is 5. The molecule has 2 atom stereocenters. The molecule has 116 valence electrons. The van der Waals surface area contributed by atoms with Crippen molar-refractivity contribution in [3.63, 3.8) is 0 Å². The molecule has 2 aromatic rings. The molecule has 0 aliphatic heterocycles. The standard InChI is InChI=1S/C19H23NO2/c1-22-18-10-8-14-7-9-17(11-16(14)12-18)20-13-19(21)15-5-3-2-4-6-15/h2-6,8,10,12,17,19-21H,7,9,11,13H2,1H3/t17?,19-/m1/s1. The molecule has 1 unspecified atom stereocenters. The van der Waals surface area contributed by atoms with Crippen LogP contribution >= 0.6 is 0 Å². The average Bonchev–Trinajstić information content (AvgIpc) is 2.59. The molecule has 22 heavy (non-hydrogen) atoms. The number of hydrogen-bond donors (Lipinski definition) is 2. The second kappa shape index (κ2) is 6.95. The Morgan fingerprint density at radius 2 is 2.00 bits per heavy atom. The zero-order chi connectivity index (χ0) is 15.4. The van der Waals surface area contributed by atoms with Gasteiger partial charge in [-0.3, -0.25) is 0 Å². The molecule has 0 saturated heterocycles. The summed E-state index contributed by atoms with van der Waals surface area (Å²) >= 11 is 0. The summed E-state index contributed by atoms with van der Waals surface area (Å²) in [6.07, 6.45) is 2.74. The predicted molar refractivity (Wildman–Crippen MR) is 88.2 cm³/mol. The van der Waals surface area contributed by atoms with E-state index in [1.54, 1.807) is 7.11 Å². The van der Waals surface area contributed by atoms with Crippen LogP contribution in [0.5, 0.6) is 5.75 Å². The number of fused-ring (bicyclic) bond motifs is 1. The van der Waals surface area contributed by atoms with E-state index in [2.05, 4.69) is 17.4 Å². The third kappa shape index (κ3) is 3.49. The highest BCUT2D eigenvalue weighted by molar-refractivity contribution is 5.37. The average molecular weight is 297 g/mol. The summed E-state index contributed by atoms with van der Waals surface area (Å²) in [5, 5.41) is 13.8. The first-order valence-corrected chi connectivity index (χ1v) is 7.88. The fourth-order valence-corrected chi connectivity index (χ4v) is 3.11. The lowest BCUT2D eigenvalue weighted by atomic mass is 9.88. The number of benzene rings is 2. The van der Waals surface area contributed by atoms with Crippen molar-refractivity contribution in [2.75, 3.05) is 13.7 Å². The van der Waals surface area contributed by atoms with Crippen LogP contribution in [-0.2, 0) is 12.8 Å². The van der Waals surface area contributed by atoms with Gasteiger partial charge >= 0.3 is 0 Å². The van der Waals surface area contributed by atoms with Crippen LogP contribution < -0.4 is 10.1 Å². The Bertz CT molecular complexity index is 612. The Hall–Kier alpha value is -1.84. The second-order valence-corrected chi connectivity index (χ2v) is 5.91. The van der Waals surface area contributed by atoms with Crippen molar-refractivity contribution >= 4 is 0 Å². The molecule has 0 saturated carbocycles.